The van der Waals surface area contributed by atoms with Crippen molar-refractivity contribution in [3.05, 3.63) is 0 Å². The summed E-state index contributed by atoms with van der Waals surface area (Å²) in [6.45, 7) is 8.23. The molecule has 404 valence electrons. The molecule has 6 N–H and O–H groups in total. The predicted octanol–water partition coefficient (Wildman–Crippen LogP) is 17.6. The number of aliphatic hydroxyl groups excluding tert-OH is 2. The lowest BCUT2D eigenvalue weighted by atomic mass is 10.0. The van der Waals surface area contributed by atoms with Crippen LogP contribution in [-0.2, 0) is 14.4 Å². The van der Waals surface area contributed by atoms with Gasteiger partial charge in [0.2, 0.25) is 0 Å². The van der Waals surface area contributed by atoms with E-state index in [1.54, 1.807) is 0 Å². The molecule has 0 aliphatic carbocycles. The number of carboxylic acid groups (broad SMARTS) is 3. The number of carbonyl (C=O) groups is 3. The van der Waals surface area contributed by atoms with E-state index in [1.165, 1.54) is 250 Å². The average Bonchev–Trinajstić information content (AvgIpc) is 3.31. The molecule has 0 saturated carbocycles. The zero-order valence-corrected chi connectivity index (χ0v) is 45.2. The molecular formula is C58H119NO8. The molecule has 9 nitrogen and oxygen atoms in total. The van der Waals surface area contributed by atoms with Gasteiger partial charge in [0.1, 0.15) is 0 Å². The Morgan fingerprint density at radius 2 is 0.388 bits per heavy atom. The summed E-state index contributed by atoms with van der Waals surface area (Å²) in [7, 11) is 0. The highest BCUT2D eigenvalue weighted by atomic mass is 16.4. The fourth-order valence-electron chi connectivity index (χ4n) is 8.23. The van der Waals surface area contributed by atoms with E-state index >= 15 is 0 Å². The second-order valence-corrected chi connectivity index (χ2v) is 19.5. The van der Waals surface area contributed by atoms with Gasteiger partial charge in [-0.25, -0.2) is 0 Å². The van der Waals surface area contributed by atoms with Crippen LogP contribution in [0.5, 0.6) is 0 Å². The van der Waals surface area contributed by atoms with Gasteiger partial charge in [0.05, 0.1) is 13.2 Å². The second kappa shape index (κ2) is 70.8. The molecular weight excluding hydrogens is 839 g/mol. The van der Waals surface area contributed by atoms with Crippen molar-refractivity contribution in [2.45, 2.75) is 329 Å². The quantitative estimate of drug-likeness (QED) is 0.0326. The van der Waals surface area contributed by atoms with Crippen LogP contribution in [0.2, 0.25) is 0 Å². The van der Waals surface area contributed by atoms with Crippen LogP contribution in [0.15, 0.2) is 0 Å². The number of carboxylic acids is 3. The van der Waals surface area contributed by atoms with Gasteiger partial charge in [0.15, 0.2) is 0 Å². The topological polar surface area (TPSA) is 164 Å². The van der Waals surface area contributed by atoms with Crippen molar-refractivity contribution >= 4 is 17.9 Å². The smallest absolute Gasteiger partial charge is 0.303 e. The summed E-state index contributed by atoms with van der Waals surface area (Å²) in [6.07, 6.45) is 60.6. The van der Waals surface area contributed by atoms with E-state index < -0.39 is 17.9 Å². The highest BCUT2D eigenvalue weighted by molar-refractivity contribution is 5.67. The molecule has 0 atom stereocenters. The predicted molar refractivity (Wildman–Crippen MR) is 289 cm³/mol. The second-order valence-electron chi connectivity index (χ2n) is 19.5. The third kappa shape index (κ3) is 87.8. The van der Waals surface area contributed by atoms with E-state index in [0.29, 0.717) is 32.4 Å². The molecule has 0 amide bonds. The van der Waals surface area contributed by atoms with Crippen LogP contribution in [-0.4, -0.2) is 69.7 Å². The Balaban J connectivity index is -0.000000414. The Morgan fingerprint density at radius 1 is 0.254 bits per heavy atom. The highest BCUT2D eigenvalue weighted by Gasteiger charge is 2.00. The van der Waals surface area contributed by atoms with E-state index in [1.807, 2.05) is 0 Å². The van der Waals surface area contributed by atoms with Crippen molar-refractivity contribution in [1.29, 1.82) is 0 Å². The maximum Gasteiger partial charge on any atom is 0.303 e. The molecule has 67 heavy (non-hydrogen) atoms. The monoisotopic (exact) mass is 958 g/mol. The highest BCUT2D eigenvalue weighted by Crippen LogP contribution is 2.16. The van der Waals surface area contributed by atoms with Crippen LogP contribution in [0.3, 0.4) is 0 Å². The first-order valence-electron chi connectivity index (χ1n) is 29.3. The first kappa shape index (κ1) is 71.8. The Kier molecular flexibility index (Phi) is 76.0. The molecule has 0 aromatic heterocycles. The van der Waals surface area contributed by atoms with E-state index in [2.05, 4.69) is 26.1 Å². The summed E-state index contributed by atoms with van der Waals surface area (Å²) in [5.74, 6) is -1.96. The van der Waals surface area contributed by atoms with Gasteiger partial charge < -0.3 is 30.8 Å². The first-order chi connectivity index (χ1) is 32.7. The number of hydrogen-bond donors (Lipinski definition) is 6. The van der Waals surface area contributed by atoms with E-state index in [4.69, 9.17) is 25.5 Å². The van der Waals surface area contributed by atoms with Gasteiger partial charge in [-0.1, -0.05) is 290 Å². The van der Waals surface area contributed by atoms with Gasteiger partial charge in [-0.2, -0.15) is 0 Å². The van der Waals surface area contributed by atoms with Crippen molar-refractivity contribution in [3.63, 3.8) is 0 Å². The summed E-state index contributed by atoms with van der Waals surface area (Å²) in [6, 6.07) is 0. The lowest BCUT2D eigenvalue weighted by Crippen LogP contribution is -2.21. The normalized spacial score (nSPS) is 10.7. The average molecular weight is 959 g/mol. The van der Waals surface area contributed by atoms with Gasteiger partial charge >= 0.3 is 17.9 Å². The van der Waals surface area contributed by atoms with E-state index in [0.717, 1.165) is 38.5 Å². The van der Waals surface area contributed by atoms with Gasteiger partial charge in [-0.05, 0) is 19.3 Å². The van der Waals surface area contributed by atoms with Crippen molar-refractivity contribution in [2.75, 3.05) is 26.3 Å². The summed E-state index contributed by atoms with van der Waals surface area (Å²) >= 11 is 0. The van der Waals surface area contributed by atoms with Crippen LogP contribution < -0.4 is 5.32 Å². The van der Waals surface area contributed by atoms with Crippen LogP contribution in [0.1, 0.15) is 329 Å². The first-order valence-corrected chi connectivity index (χ1v) is 29.3. The number of nitrogens with one attached hydrogen (secondary N) is 1. The maximum absolute atomic E-state index is 10.3. The minimum Gasteiger partial charge on any atom is -0.481 e. The van der Waals surface area contributed by atoms with Crippen LogP contribution in [0.4, 0.5) is 0 Å². The van der Waals surface area contributed by atoms with Gasteiger partial charge in [-0.3, -0.25) is 14.4 Å². The molecule has 0 radical (unpaired) electrons. The van der Waals surface area contributed by atoms with Crippen LogP contribution >= 0.6 is 0 Å². The summed E-state index contributed by atoms with van der Waals surface area (Å²) in [5, 5.41) is 44.6. The molecule has 0 aromatic carbocycles. The Hall–Kier alpha value is -1.71. The molecule has 0 aliphatic heterocycles. The number of hydrogen-bond acceptors (Lipinski definition) is 6. The van der Waals surface area contributed by atoms with Crippen LogP contribution in [0, 0.1) is 0 Å². The minimum absolute atomic E-state index is 0.139. The van der Waals surface area contributed by atoms with Gasteiger partial charge in [0, 0.05) is 32.4 Å². The third-order valence-corrected chi connectivity index (χ3v) is 12.6. The number of aliphatic carboxylic acids is 3. The molecule has 0 saturated heterocycles. The molecule has 0 aliphatic rings. The molecule has 0 fully saturated rings. The Morgan fingerprint density at radius 3 is 0.507 bits per heavy atom. The number of unbranched alkanes of at least 4 members (excludes halogenated alkanes) is 42. The fourth-order valence-corrected chi connectivity index (χ4v) is 8.23. The summed E-state index contributed by atoms with van der Waals surface area (Å²) in [4.78, 5) is 31.0. The lowest BCUT2D eigenvalue weighted by molar-refractivity contribution is -0.138. The van der Waals surface area contributed by atoms with Gasteiger partial charge in [0.25, 0.3) is 0 Å². The number of rotatable bonds is 52. The third-order valence-electron chi connectivity index (χ3n) is 12.6. The molecule has 9 heteroatoms. The largest absolute Gasteiger partial charge is 0.481 e. The molecule has 0 bridgehead atoms. The number of aliphatic hydroxyl groups is 2. The molecule has 0 spiro atoms. The van der Waals surface area contributed by atoms with Crippen molar-refractivity contribution in [2.24, 2.45) is 0 Å². The van der Waals surface area contributed by atoms with E-state index in [-0.39, 0.29) is 13.2 Å². The molecule has 0 rings (SSSR count). The van der Waals surface area contributed by atoms with Crippen molar-refractivity contribution < 1.29 is 39.9 Å². The summed E-state index contributed by atoms with van der Waals surface area (Å²) in [5.41, 5.74) is 0. The molecule has 0 unspecified atom stereocenters. The van der Waals surface area contributed by atoms with Gasteiger partial charge in [-0.15, -0.1) is 0 Å². The Labute approximate surface area is 417 Å². The molecule has 0 aromatic rings. The SMILES string of the molecule is CCCCCCCCCCCCCCCCCC(=O)O.CCCCCCCCCCCCCCCCCC(=O)O.CCCCCCCCCCCCCCCCCC(=O)O.OCCNCCO. The van der Waals surface area contributed by atoms with Crippen molar-refractivity contribution in [3.8, 4) is 0 Å². The zero-order chi connectivity index (χ0) is 50.2. The lowest BCUT2D eigenvalue weighted by Gasteiger charge is -2.03. The maximum atomic E-state index is 10.3. The Bertz CT molecular complexity index is 795. The van der Waals surface area contributed by atoms with Crippen molar-refractivity contribution in [1.82, 2.24) is 5.32 Å². The zero-order valence-electron chi connectivity index (χ0n) is 45.2. The fraction of sp³-hybridized carbons (Fsp3) is 0.948. The standard InChI is InChI=1S/3C18H36O2.C4H11NO2/c3*1-2-3-4-5-6-7-8-9-10-11-12-13-14-15-16-17-18(19)20;6-3-1-5-2-4-7/h3*2-17H2,1H3,(H,19,20);5-7H,1-4H2. The minimum atomic E-state index is -0.653. The summed E-state index contributed by atoms with van der Waals surface area (Å²) < 4.78 is 0. The molecule has 0 heterocycles. The van der Waals surface area contributed by atoms with Crippen LogP contribution in [0.25, 0.3) is 0 Å². The van der Waals surface area contributed by atoms with E-state index in [9.17, 15) is 14.4 Å².